The van der Waals surface area contributed by atoms with Crippen LogP contribution in [0.4, 0.5) is 0 Å². The molecular formula is C28H35N3O5. The summed E-state index contributed by atoms with van der Waals surface area (Å²) in [6.07, 6.45) is 1.08. The van der Waals surface area contributed by atoms with Crippen molar-refractivity contribution in [1.29, 1.82) is 0 Å². The maximum atomic E-state index is 11.7. The van der Waals surface area contributed by atoms with Crippen LogP contribution in [-0.4, -0.2) is 48.5 Å². The molecule has 1 N–H and O–H groups in total. The second kappa shape index (κ2) is 15.3. The molecule has 0 aliphatic heterocycles. The number of hydrogen-bond acceptors (Lipinski definition) is 6. The second-order valence-electron chi connectivity index (χ2n) is 8.24. The largest absolute Gasteiger partial charge is 0.466 e. The van der Waals surface area contributed by atoms with Crippen LogP contribution in [0.25, 0.3) is 0 Å². The van der Waals surface area contributed by atoms with E-state index >= 15 is 0 Å². The van der Waals surface area contributed by atoms with Crippen molar-refractivity contribution < 1.29 is 19.1 Å². The van der Waals surface area contributed by atoms with E-state index in [4.69, 9.17) is 9.47 Å². The minimum Gasteiger partial charge on any atom is -0.466 e. The van der Waals surface area contributed by atoms with Gasteiger partial charge in [0.2, 0.25) is 0 Å². The molecule has 2 aromatic carbocycles. The molecule has 0 saturated heterocycles. The average molecular weight is 494 g/mol. The molecule has 0 atom stereocenters. The quantitative estimate of drug-likeness (QED) is 0.343. The highest BCUT2D eigenvalue weighted by Crippen LogP contribution is 2.08. The van der Waals surface area contributed by atoms with E-state index in [9.17, 15) is 14.4 Å². The van der Waals surface area contributed by atoms with Gasteiger partial charge in [-0.05, 0) is 56.5 Å². The van der Waals surface area contributed by atoms with Crippen molar-refractivity contribution >= 4 is 11.9 Å². The molecule has 0 saturated carbocycles. The van der Waals surface area contributed by atoms with Crippen LogP contribution in [-0.2, 0) is 27.2 Å². The highest BCUT2D eigenvalue weighted by Gasteiger charge is 2.06. The molecule has 1 heterocycles. The Bertz CT molecular complexity index is 1170. The van der Waals surface area contributed by atoms with Crippen molar-refractivity contribution in [3.63, 3.8) is 0 Å². The van der Waals surface area contributed by atoms with Crippen LogP contribution in [0.15, 0.2) is 65.5 Å². The van der Waals surface area contributed by atoms with Crippen molar-refractivity contribution in [3.8, 4) is 0 Å². The van der Waals surface area contributed by atoms with Crippen LogP contribution in [0.3, 0.4) is 0 Å². The Morgan fingerprint density at radius 2 is 1.72 bits per heavy atom. The number of carbonyl (C=O) groups is 2. The molecule has 192 valence electrons. The van der Waals surface area contributed by atoms with Gasteiger partial charge in [-0.15, -0.1) is 0 Å². The first kappa shape index (κ1) is 28.5. The number of aromatic nitrogens is 2. The van der Waals surface area contributed by atoms with Crippen molar-refractivity contribution in [2.75, 3.05) is 26.9 Å². The lowest BCUT2D eigenvalue weighted by Crippen LogP contribution is -2.25. The molecule has 3 aromatic rings. The van der Waals surface area contributed by atoms with Crippen molar-refractivity contribution in [3.05, 3.63) is 99.0 Å². The number of carbonyl (C=O) groups excluding carboxylic acids is 2. The molecule has 1 aromatic heterocycles. The Morgan fingerprint density at radius 3 is 2.42 bits per heavy atom. The first-order chi connectivity index (χ1) is 17.3. The Balaban J connectivity index is 0.000000269. The molecule has 0 unspecified atom stereocenters. The minimum absolute atomic E-state index is 0.0221. The first-order valence-electron chi connectivity index (χ1n) is 11.9. The monoisotopic (exact) mass is 493 g/mol. The Kier molecular flexibility index (Phi) is 12.1. The maximum Gasteiger partial charge on any atom is 0.310 e. The molecule has 0 spiro atoms. The van der Waals surface area contributed by atoms with E-state index in [1.807, 2.05) is 62.4 Å². The zero-order valence-electron chi connectivity index (χ0n) is 21.5. The Labute approximate surface area is 212 Å². The average Bonchev–Trinajstić information content (AvgIpc) is 2.85. The predicted octanol–water partition coefficient (Wildman–Crippen LogP) is 3.47. The molecule has 0 aliphatic rings. The molecule has 3 rings (SSSR count). The van der Waals surface area contributed by atoms with E-state index in [2.05, 4.69) is 10.4 Å². The van der Waals surface area contributed by atoms with E-state index in [1.54, 1.807) is 20.1 Å². The fourth-order valence-corrected chi connectivity index (χ4v) is 3.28. The molecule has 1 amide bonds. The molecule has 36 heavy (non-hydrogen) atoms. The molecule has 8 nitrogen and oxygen atoms in total. The van der Waals surface area contributed by atoms with E-state index in [1.165, 1.54) is 10.7 Å². The zero-order valence-corrected chi connectivity index (χ0v) is 21.5. The summed E-state index contributed by atoms with van der Waals surface area (Å²) in [6, 6.07) is 18.3. The van der Waals surface area contributed by atoms with Gasteiger partial charge in [0.15, 0.2) is 0 Å². The highest BCUT2D eigenvalue weighted by atomic mass is 16.5. The standard InChI is InChI=1S/C16H18N2O3.C12H17NO2/c1-3-21-16(20)10-13-5-4-6-14(9-13)11-18-15(19)8-7-12(2)17-18;1-10-4-6-11(7-5-10)12(14)13-8-3-9-15-2/h4-9H,3,10-11H2,1-2H3;4-7H,3,8-9H2,1-2H3,(H,13,14). The van der Waals surface area contributed by atoms with Crippen LogP contribution in [0, 0.1) is 13.8 Å². The molecular weight excluding hydrogens is 458 g/mol. The maximum absolute atomic E-state index is 11.7. The predicted molar refractivity (Wildman–Crippen MR) is 139 cm³/mol. The zero-order chi connectivity index (χ0) is 26.3. The van der Waals surface area contributed by atoms with Crippen molar-refractivity contribution in [1.82, 2.24) is 15.1 Å². The van der Waals surface area contributed by atoms with Crippen LogP contribution in [0.1, 0.15) is 46.1 Å². The summed E-state index contributed by atoms with van der Waals surface area (Å²) in [5.41, 5.74) is 4.31. The smallest absolute Gasteiger partial charge is 0.310 e. The number of esters is 1. The lowest BCUT2D eigenvalue weighted by molar-refractivity contribution is -0.142. The van der Waals surface area contributed by atoms with E-state index < -0.39 is 0 Å². The number of nitrogens with one attached hydrogen (secondary N) is 1. The normalized spacial score (nSPS) is 10.2. The molecule has 0 radical (unpaired) electrons. The van der Waals surface area contributed by atoms with Gasteiger partial charge in [-0.1, -0.05) is 42.0 Å². The van der Waals surface area contributed by atoms with Gasteiger partial charge in [0.25, 0.3) is 11.5 Å². The molecule has 0 aliphatic carbocycles. The minimum atomic E-state index is -0.250. The van der Waals surface area contributed by atoms with Crippen LogP contribution < -0.4 is 10.9 Å². The Hall–Kier alpha value is -3.78. The number of methoxy groups -OCH3 is 1. The summed E-state index contributed by atoms with van der Waals surface area (Å²) in [5, 5.41) is 7.03. The highest BCUT2D eigenvalue weighted by molar-refractivity contribution is 5.94. The number of nitrogens with zero attached hydrogens (tertiary/aromatic N) is 2. The van der Waals surface area contributed by atoms with Gasteiger partial charge < -0.3 is 14.8 Å². The number of aryl methyl sites for hydroxylation is 2. The lowest BCUT2D eigenvalue weighted by atomic mass is 10.1. The summed E-state index contributed by atoms with van der Waals surface area (Å²) >= 11 is 0. The van der Waals surface area contributed by atoms with Crippen LogP contribution >= 0.6 is 0 Å². The lowest BCUT2D eigenvalue weighted by Gasteiger charge is -2.07. The fraction of sp³-hybridized carbons (Fsp3) is 0.357. The second-order valence-corrected chi connectivity index (χ2v) is 8.24. The number of amides is 1. The topological polar surface area (TPSA) is 99.5 Å². The molecule has 0 bridgehead atoms. The fourth-order valence-electron chi connectivity index (χ4n) is 3.28. The first-order valence-corrected chi connectivity index (χ1v) is 11.9. The van der Waals surface area contributed by atoms with Gasteiger partial charge in [-0.25, -0.2) is 4.68 Å². The number of benzene rings is 2. The third kappa shape index (κ3) is 10.2. The van der Waals surface area contributed by atoms with E-state index in [0.29, 0.717) is 31.9 Å². The third-order valence-electron chi connectivity index (χ3n) is 5.10. The van der Waals surface area contributed by atoms with E-state index in [-0.39, 0.29) is 23.9 Å². The van der Waals surface area contributed by atoms with Gasteiger partial charge in [0.05, 0.1) is 25.3 Å². The van der Waals surface area contributed by atoms with Gasteiger partial charge in [0.1, 0.15) is 0 Å². The summed E-state index contributed by atoms with van der Waals surface area (Å²) < 4.78 is 11.2. The van der Waals surface area contributed by atoms with Crippen molar-refractivity contribution in [2.45, 2.75) is 40.2 Å². The summed E-state index contributed by atoms with van der Waals surface area (Å²) in [5.74, 6) is -0.272. The van der Waals surface area contributed by atoms with Gasteiger partial charge in [-0.3, -0.25) is 14.4 Å². The molecule has 8 heteroatoms. The van der Waals surface area contributed by atoms with E-state index in [0.717, 1.165) is 28.8 Å². The molecule has 0 fully saturated rings. The van der Waals surface area contributed by atoms with Crippen molar-refractivity contribution in [2.24, 2.45) is 0 Å². The van der Waals surface area contributed by atoms with Gasteiger partial charge in [0, 0.05) is 31.9 Å². The summed E-state index contributed by atoms with van der Waals surface area (Å²) in [7, 11) is 1.65. The number of ether oxygens (including phenoxy) is 2. The SMILES string of the molecule is CCOC(=O)Cc1cccc(Cn2nc(C)ccc2=O)c1.COCCCNC(=O)c1ccc(C)cc1. The number of hydrogen-bond donors (Lipinski definition) is 1. The Morgan fingerprint density at radius 1 is 1.00 bits per heavy atom. The summed E-state index contributed by atoms with van der Waals surface area (Å²) in [4.78, 5) is 34.8. The third-order valence-corrected chi connectivity index (χ3v) is 5.10. The van der Waals surface area contributed by atoms with Gasteiger partial charge >= 0.3 is 5.97 Å². The van der Waals surface area contributed by atoms with Crippen LogP contribution in [0.5, 0.6) is 0 Å². The van der Waals surface area contributed by atoms with Crippen LogP contribution in [0.2, 0.25) is 0 Å². The summed E-state index contributed by atoms with van der Waals surface area (Å²) in [6.45, 7) is 7.71. The number of rotatable bonds is 10. The van der Waals surface area contributed by atoms with Gasteiger partial charge in [-0.2, -0.15) is 5.10 Å².